The molecule has 2 aliphatic rings. The quantitative estimate of drug-likeness (QED) is 0.667. The van der Waals surface area contributed by atoms with Crippen molar-refractivity contribution in [2.24, 2.45) is 5.41 Å². The molecule has 0 amide bonds. The Morgan fingerprint density at radius 3 is 2.78 bits per heavy atom. The van der Waals surface area contributed by atoms with E-state index in [0.717, 1.165) is 0 Å². The molecule has 4 rings (SSSR count). The van der Waals surface area contributed by atoms with Crippen molar-refractivity contribution < 1.29 is 17.5 Å². The highest BCUT2D eigenvalue weighted by atomic mass is 32.2. The van der Waals surface area contributed by atoms with E-state index in [9.17, 15) is 13.0 Å². The summed E-state index contributed by atoms with van der Waals surface area (Å²) in [5.41, 5.74) is 0.131. The zero-order valence-corrected chi connectivity index (χ0v) is 12.9. The molecule has 9 heteroatoms. The van der Waals surface area contributed by atoms with Gasteiger partial charge in [0.25, 0.3) is 0 Å². The number of alkyl halides is 2. The van der Waals surface area contributed by atoms with Crippen molar-refractivity contribution in [1.29, 1.82) is 0 Å². The van der Waals surface area contributed by atoms with Crippen molar-refractivity contribution >= 4 is 27.8 Å². The number of pyridine rings is 1. The molecule has 23 heavy (non-hydrogen) atoms. The first-order chi connectivity index (χ1) is 10.9. The summed E-state index contributed by atoms with van der Waals surface area (Å²) >= 11 is -2.28. The minimum atomic E-state index is -2.55. The summed E-state index contributed by atoms with van der Waals surface area (Å²) in [6.07, 6.45) is 3.62. The third kappa shape index (κ3) is 2.47. The van der Waals surface area contributed by atoms with Crippen LogP contribution in [0, 0.1) is 5.41 Å². The second kappa shape index (κ2) is 4.88. The molecule has 0 radical (unpaired) electrons. The average molecular weight is 340 g/mol. The first-order valence-electron chi connectivity index (χ1n) is 7.23. The van der Waals surface area contributed by atoms with E-state index < -0.39 is 17.0 Å². The van der Waals surface area contributed by atoms with Gasteiger partial charge in [0, 0.05) is 49.1 Å². The van der Waals surface area contributed by atoms with Crippen LogP contribution in [0.1, 0.15) is 19.3 Å². The van der Waals surface area contributed by atoms with Crippen LogP contribution in [0.3, 0.4) is 0 Å². The summed E-state index contributed by atoms with van der Waals surface area (Å²) in [6.45, 7) is 1.14. The van der Waals surface area contributed by atoms with Gasteiger partial charge < -0.3 is 4.90 Å². The molecule has 2 fully saturated rings. The lowest BCUT2D eigenvalue weighted by molar-refractivity contribution is -0.152. The number of aromatic nitrogens is 3. The predicted octanol–water partition coefficient (Wildman–Crippen LogP) is 2.23. The zero-order valence-electron chi connectivity index (χ0n) is 12.1. The van der Waals surface area contributed by atoms with Crippen molar-refractivity contribution in [3.8, 4) is 0 Å². The van der Waals surface area contributed by atoms with Crippen molar-refractivity contribution in [3.63, 3.8) is 0 Å². The molecular weight excluding hydrogens is 326 g/mol. The third-order valence-electron chi connectivity index (χ3n) is 4.62. The monoisotopic (exact) mass is 340 g/mol. The van der Waals surface area contributed by atoms with Gasteiger partial charge >= 0.3 is 0 Å². The van der Waals surface area contributed by atoms with Gasteiger partial charge in [0.2, 0.25) is 22.2 Å². The first-order valence-corrected chi connectivity index (χ1v) is 8.34. The summed E-state index contributed by atoms with van der Waals surface area (Å²) in [5, 5.41) is 0.514. The summed E-state index contributed by atoms with van der Waals surface area (Å²) in [7, 11) is 0. The van der Waals surface area contributed by atoms with Crippen molar-refractivity contribution in [2.45, 2.75) is 30.3 Å². The highest BCUT2D eigenvalue weighted by Crippen LogP contribution is 2.57. The van der Waals surface area contributed by atoms with Gasteiger partial charge in [-0.05, 0) is 12.5 Å². The van der Waals surface area contributed by atoms with Crippen LogP contribution in [0.2, 0.25) is 0 Å². The van der Waals surface area contributed by atoms with E-state index in [2.05, 4.69) is 15.0 Å². The molecule has 1 spiro atoms. The molecule has 6 nitrogen and oxygen atoms in total. The van der Waals surface area contributed by atoms with Crippen molar-refractivity contribution in [1.82, 2.24) is 15.0 Å². The Bertz CT molecular complexity index is 808. The summed E-state index contributed by atoms with van der Waals surface area (Å²) in [5.74, 6) is -1.99. The lowest BCUT2D eigenvalue weighted by atomic mass is 9.65. The maximum absolute atomic E-state index is 13.2. The standard InChI is InChI=1S/C14H14F2N4O2S/c15-14(16)6-13(7-14)2-4-20(8-13)11-10-9(1-3-17-11)5-18-12(19-10)23(21)22/h1,3,5H,2,4,6-8H2,(H,21,22). The van der Waals surface area contributed by atoms with Crippen molar-refractivity contribution in [2.75, 3.05) is 18.0 Å². The van der Waals surface area contributed by atoms with Gasteiger partial charge in [0.15, 0.2) is 5.82 Å². The van der Waals surface area contributed by atoms with E-state index >= 15 is 0 Å². The molecule has 2 aromatic rings. The van der Waals surface area contributed by atoms with Gasteiger partial charge in [-0.3, -0.25) is 4.55 Å². The molecule has 1 atom stereocenters. The van der Waals surface area contributed by atoms with E-state index in [1.807, 2.05) is 4.90 Å². The third-order valence-corrected chi connectivity index (χ3v) is 5.13. The van der Waals surface area contributed by atoms with Gasteiger partial charge in [-0.2, -0.15) is 0 Å². The molecule has 2 aromatic heterocycles. The number of hydrogen-bond donors (Lipinski definition) is 1. The topological polar surface area (TPSA) is 79.2 Å². The molecule has 0 bridgehead atoms. The fourth-order valence-electron chi connectivity index (χ4n) is 3.69. The van der Waals surface area contributed by atoms with E-state index in [4.69, 9.17) is 4.55 Å². The largest absolute Gasteiger partial charge is 0.354 e. The van der Waals surface area contributed by atoms with Gasteiger partial charge in [-0.1, -0.05) is 0 Å². The van der Waals surface area contributed by atoms with Gasteiger partial charge in [0.1, 0.15) is 5.52 Å². The highest BCUT2D eigenvalue weighted by molar-refractivity contribution is 7.79. The Kier molecular flexibility index (Phi) is 3.14. The summed E-state index contributed by atoms with van der Waals surface area (Å²) in [4.78, 5) is 14.2. The van der Waals surface area contributed by atoms with Crippen LogP contribution in [-0.2, 0) is 11.1 Å². The fourth-order valence-corrected chi connectivity index (χ4v) is 4.00. The normalized spacial score (nSPS) is 23.2. The van der Waals surface area contributed by atoms with Gasteiger partial charge in [0.05, 0.1) is 0 Å². The highest BCUT2D eigenvalue weighted by Gasteiger charge is 2.58. The van der Waals surface area contributed by atoms with Crippen LogP contribution < -0.4 is 4.90 Å². The molecule has 1 aliphatic carbocycles. The Hall–Kier alpha value is -1.74. The van der Waals surface area contributed by atoms with Crippen LogP contribution in [0.15, 0.2) is 23.6 Å². The molecule has 1 unspecified atom stereocenters. The molecule has 3 heterocycles. The number of halogens is 2. The molecule has 1 N–H and O–H groups in total. The maximum Gasteiger partial charge on any atom is 0.249 e. The van der Waals surface area contributed by atoms with Crippen LogP contribution in [0.4, 0.5) is 14.6 Å². The minimum absolute atomic E-state index is 0.0812. The van der Waals surface area contributed by atoms with Crippen LogP contribution in [0.5, 0.6) is 0 Å². The Morgan fingerprint density at radius 2 is 2.09 bits per heavy atom. The number of anilines is 1. The van der Waals surface area contributed by atoms with Crippen LogP contribution in [0.25, 0.3) is 10.9 Å². The zero-order chi connectivity index (χ0) is 16.2. The Balaban J connectivity index is 1.69. The molecule has 122 valence electrons. The van der Waals surface area contributed by atoms with Gasteiger partial charge in [-0.25, -0.2) is 27.9 Å². The van der Waals surface area contributed by atoms with E-state index in [1.54, 1.807) is 12.3 Å². The lowest BCUT2D eigenvalue weighted by Crippen LogP contribution is -2.47. The smallest absolute Gasteiger partial charge is 0.249 e. The van der Waals surface area contributed by atoms with E-state index in [1.165, 1.54) is 6.20 Å². The maximum atomic E-state index is 13.2. The second-order valence-corrected chi connectivity index (χ2v) is 7.22. The average Bonchev–Trinajstić information content (AvgIpc) is 2.89. The molecule has 1 saturated carbocycles. The van der Waals surface area contributed by atoms with E-state index in [-0.39, 0.29) is 23.4 Å². The lowest BCUT2D eigenvalue weighted by Gasteiger charge is -2.44. The van der Waals surface area contributed by atoms with Gasteiger partial charge in [-0.15, -0.1) is 0 Å². The first kappa shape index (κ1) is 14.8. The summed E-state index contributed by atoms with van der Waals surface area (Å²) < 4.78 is 46.8. The SMILES string of the molecule is O=S(O)c1ncc2ccnc(N3CCC4(C3)CC(F)(F)C4)c2n1. The number of hydrogen-bond acceptors (Lipinski definition) is 5. The second-order valence-electron chi connectivity index (χ2n) is 6.36. The fraction of sp³-hybridized carbons (Fsp3) is 0.500. The molecule has 1 saturated heterocycles. The molecule has 1 aliphatic heterocycles. The minimum Gasteiger partial charge on any atom is -0.354 e. The molecular formula is C14H14F2N4O2S. The van der Waals surface area contributed by atoms with E-state index in [0.29, 0.717) is 36.2 Å². The number of rotatable bonds is 2. The number of fused-ring (bicyclic) bond motifs is 1. The van der Waals surface area contributed by atoms with Crippen LogP contribution in [-0.4, -0.2) is 42.7 Å². The molecule has 0 aromatic carbocycles. The van der Waals surface area contributed by atoms with Crippen LogP contribution >= 0.6 is 0 Å². The Labute approximate surface area is 133 Å². The number of nitrogens with zero attached hydrogens (tertiary/aromatic N) is 4. The predicted molar refractivity (Wildman–Crippen MR) is 79.8 cm³/mol. The van der Waals surface area contributed by atoms with Crippen molar-refractivity contribution in [3.05, 3.63) is 18.5 Å². The Morgan fingerprint density at radius 1 is 1.30 bits per heavy atom. The summed E-state index contributed by atoms with van der Waals surface area (Å²) in [6, 6.07) is 1.71.